The molecule has 1 heterocycles. The van der Waals surface area contributed by atoms with Crippen molar-refractivity contribution in [1.82, 2.24) is 4.68 Å². The van der Waals surface area contributed by atoms with Crippen LogP contribution in [0.1, 0.15) is 31.2 Å². The molecule has 0 radical (unpaired) electrons. The Morgan fingerprint density at radius 2 is 2.00 bits per heavy atom. The molecule has 0 aliphatic carbocycles. The molecule has 0 aromatic carbocycles. The molecule has 0 aliphatic rings. The Labute approximate surface area is 90.4 Å². The lowest BCUT2D eigenvalue weighted by Gasteiger charge is -2.11. The van der Waals surface area contributed by atoms with Gasteiger partial charge in [-0.15, -0.1) is 0 Å². The predicted octanol–water partition coefficient (Wildman–Crippen LogP) is 1.30. The predicted molar refractivity (Wildman–Crippen MR) is 61.2 cm³/mol. The maximum atomic E-state index is 11.5. The van der Waals surface area contributed by atoms with E-state index in [1.54, 1.807) is 4.68 Å². The van der Waals surface area contributed by atoms with Crippen LogP contribution in [0.2, 0.25) is 0 Å². The third kappa shape index (κ3) is 3.40. The number of aromatic nitrogens is 1. The first-order valence-corrected chi connectivity index (χ1v) is 5.21. The molecule has 4 nitrogen and oxygen atoms in total. The van der Waals surface area contributed by atoms with E-state index in [4.69, 9.17) is 5.73 Å². The molecular formula is C11H19N3O. The van der Waals surface area contributed by atoms with Gasteiger partial charge in [0.2, 0.25) is 5.91 Å². The maximum absolute atomic E-state index is 11.5. The molecule has 84 valence electrons. The Bertz CT molecular complexity index is 322. The average molecular weight is 209 g/mol. The van der Waals surface area contributed by atoms with Gasteiger partial charge in [-0.3, -0.25) is 14.9 Å². The van der Waals surface area contributed by atoms with Crippen LogP contribution >= 0.6 is 0 Å². The van der Waals surface area contributed by atoms with Crippen LogP contribution in [-0.2, 0) is 4.79 Å². The molecule has 1 atom stereocenters. The summed E-state index contributed by atoms with van der Waals surface area (Å²) >= 11 is 0. The fourth-order valence-corrected chi connectivity index (χ4v) is 1.38. The van der Waals surface area contributed by atoms with E-state index >= 15 is 0 Å². The lowest BCUT2D eigenvalue weighted by atomic mass is 10.2. The van der Waals surface area contributed by atoms with Crippen LogP contribution in [0.15, 0.2) is 12.1 Å². The molecule has 4 heteroatoms. The van der Waals surface area contributed by atoms with Crippen molar-refractivity contribution in [2.24, 2.45) is 5.73 Å². The number of hydrogen-bond donors (Lipinski definition) is 2. The number of hydrogen-bond acceptors (Lipinski definition) is 2. The number of aryl methyl sites for hydroxylation is 2. The van der Waals surface area contributed by atoms with Gasteiger partial charge in [0.1, 0.15) is 0 Å². The second-order valence-corrected chi connectivity index (χ2v) is 4.00. The van der Waals surface area contributed by atoms with Crippen molar-refractivity contribution >= 4 is 5.91 Å². The second kappa shape index (κ2) is 4.98. The minimum Gasteiger partial charge on any atom is -0.328 e. The Morgan fingerprint density at radius 1 is 1.47 bits per heavy atom. The summed E-state index contributed by atoms with van der Waals surface area (Å²) in [5, 5.41) is 0. The van der Waals surface area contributed by atoms with E-state index in [0.717, 1.165) is 11.4 Å². The van der Waals surface area contributed by atoms with Crippen molar-refractivity contribution in [3.8, 4) is 0 Å². The number of nitrogens with one attached hydrogen (secondary N) is 1. The lowest BCUT2D eigenvalue weighted by Crippen LogP contribution is -2.26. The standard InChI is InChI=1S/C11H19N3O/c1-8(12)4-7-11(15)13-14-9(2)5-6-10(14)3/h5-6,8H,4,7,12H2,1-3H3,(H,13,15). The van der Waals surface area contributed by atoms with Crippen LogP contribution in [0.25, 0.3) is 0 Å². The summed E-state index contributed by atoms with van der Waals surface area (Å²) in [4.78, 5) is 11.5. The fraction of sp³-hybridized carbons (Fsp3) is 0.545. The molecule has 1 unspecified atom stereocenters. The summed E-state index contributed by atoms with van der Waals surface area (Å²) in [6, 6.07) is 4.02. The molecule has 0 fully saturated rings. The highest BCUT2D eigenvalue weighted by Crippen LogP contribution is 2.04. The van der Waals surface area contributed by atoms with E-state index in [2.05, 4.69) is 5.43 Å². The molecule has 0 saturated carbocycles. The van der Waals surface area contributed by atoms with Crippen molar-refractivity contribution in [1.29, 1.82) is 0 Å². The SMILES string of the molecule is Cc1ccc(C)n1NC(=O)CCC(C)N. The Morgan fingerprint density at radius 3 is 2.47 bits per heavy atom. The third-order valence-electron chi connectivity index (χ3n) is 2.33. The van der Waals surface area contributed by atoms with Crippen molar-refractivity contribution in [2.45, 2.75) is 39.7 Å². The topological polar surface area (TPSA) is 60.0 Å². The minimum atomic E-state index is 0.00898. The van der Waals surface area contributed by atoms with Crippen LogP contribution in [0.3, 0.4) is 0 Å². The molecule has 15 heavy (non-hydrogen) atoms. The van der Waals surface area contributed by atoms with Gasteiger partial charge in [0.25, 0.3) is 0 Å². The summed E-state index contributed by atoms with van der Waals surface area (Å²) in [7, 11) is 0. The van der Waals surface area contributed by atoms with E-state index in [1.807, 2.05) is 32.9 Å². The number of nitrogens with two attached hydrogens (primary N) is 1. The molecule has 0 spiro atoms. The van der Waals surface area contributed by atoms with Crippen molar-refractivity contribution in [3.05, 3.63) is 23.5 Å². The van der Waals surface area contributed by atoms with Crippen molar-refractivity contribution < 1.29 is 4.79 Å². The van der Waals surface area contributed by atoms with Gasteiger partial charge in [-0.2, -0.15) is 0 Å². The zero-order chi connectivity index (χ0) is 11.4. The molecule has 1 aromatic rings. The fourth-order valence-electron chi connectivity index (χ4n) is 1.38. The second-order valence-electron chi connectivity index (χ2n) is 4.00. The van der Waals surface area contributed by atoms with Gasteiger partial charge in [-0.1, -0.05) is 0 Å². The normalized spacial score (nSPS) is 12.5. The Balaban J connectivity index is 2.51. The largest absolute Gasteiger partial charge is 0.328 e. The van der Waals surface area contributed by atoms with Gasteiger partial charge in [-0.25, -0.2) is 0 Å². The monoisotopic (exact) mass is 209 g/mol. The molecule has 0 bridgehead atoms. The highest BCUT2D eigenvalue weighted by molar-refractivity contribution is 5.83. The van der Waals surface area contributed by atoms with E-state index in [9.17, 15) is 4.79 Å². The van der Waals surface area contributed by atoms with Gasteiger partial charge in [0.05, 0.1) is 0 Å². The number of rotatable bonds is 4. The lowest BCUT2D eigenvalue weighted by molar-refractivity contribution is -0.117. The number of carbonyl (C=O) groups excluding carboxylic acids is 1. The molecular weight excluding hydrogens is 190 g/mol. The molecule has 0 saturated heterocycles. The van der Waals surface area contributed by atoms with Gasteiger partial charge >= 0.3 is 0 Å². The molecule has 1 amide bonds. The number of carbonyl (C=O) groups is 1. The summed E-state index contributed by atoms with van der Waals surface area (Å²) < 4.78 is 1.80. The summed E-state index contributed by atoms with van der Waals surface area (Å²) in [5.74, 6) is 0.00898. The summed E-state index contributed by atoms with van der Waals surface area (Å²) in [5.41, 5.74) is 10.5. The quantitative estimate of drug-likeness (QED) is 0.785. The van der Waals surface area contributed by atoms with Crippen LogP contribution in [0, 0.1) is 13.8 Å². The van der Waals surface area contributed by atoms with Crippen molar-refractivity contribution in [3.63, 3.8) is 0 Å². The zero-order valence-corrected chi connectivity index (χ0v) is 9.58. The first-order chi connectivity index (χ1) is 7.00. The summed E-state index contributed by atoms with van der Waals surface area (Å²) in [6.45, 7) is 5.82. The highest BCUT2D eigenvalue weighted by Gasteiger charge is 2.06. The van der Waals surface area contributed by atoms with Gasteiger partial charge in [0.15, 0.2) is 0 Å². The first kappa shape index (κ1) is 11.8. The highest BCUT2D eigenvalue weighted by atomic mass is 16.2. The van der Waals surface area contributed by atoms with E-state index in [-0.39, 0.29) is 11.9 Å². The first-order valence-electron chi connectivity index (χ1n) is 5.21. The van der Waals surface area contributed by atoms with Gasteiger partial charge in [0, 0.05) is 23.9 Å². The number of amides is 1. The van der Waals surface area contributed by atoms with E-state index in [0.29, 0.717) is 12.8 Å². The third-order valence-corrected chi connectivity index (χ3v) is 2.33. The average Bonchev–Trinajstić information content (AvgIpc) is 2.46. The Hall–Kier alpha value is -1.29. The van der Waals surface area contributed by atoms with Gasteiger partial charge in [-0.05, 0) is 39.3 Å². The van der Waals surface area contributed by atoms with Crippen LogP contribution in [-0.4, -0.2) is 16.6 Å². The van der Waals surface area contributed by atoms with Crippen LogP contribution in [0.4, 0.5) is 0 Å². The zero-order valence-electron chi connectivity index (χ0n) is 9.58. The smallest absolute Gasteiger partial charge is 0.238 e. The van der Waals surface area contributed by atoms with Crippen LogP contribution in [0.5, 0.6) is 0 Å². The van der Waals surface area contributed by atoms with E-state index in [1.165, 1.54) is 0 Å². The molecule has 1 rings (SSSR count). The Kier molecular flexibility index (Phi) is 3.91. The molecule has 0 aliphatic heterocycles. The minimum absolute atomic E-state index is 0.00898. The molecule has 3 N–H and O–H groups in total. The van der Waals surface area contributed by atoms with E-state index < -0.39 is 0 Å². The maximum Gasteiger partial charge on any atom is 0.238 e. The number of nitrogens with zero attached hydrogens (tertiary/aromatic N) is 1. The van der Waals surface area contributed by atoms with Crippen molar-refractivity contribution in [2.75, 3.05) is 5.43 Å². The van der Waals surface area contributed by atoms with Gasteiger partial charge < -0.3 is 5.73 Å². The molecule has 1 aromatic heterocycles. The summed E-state index contributed by atoms with van der Waals surface area (Å²) in [6.07, 6.45) is 1.18. The van der Waals surface area contributed by atoms with Crippen LogP contribution < -0.4 is 11.2 Å².